The van der Waals surface area contributed by atoms with Gasteiger partial charge in [0.1, 0.15) is 6.10 Å². The molecule has 4 rings (SSSR count). The number of hydrogen-bond acceptors (Lipinski definition) is 4. The van der Waals surface area contributed by atoms with Crippen LogP contribution >= 0.6 is 0 Å². The molecule has 0 spiro atoms. The molecule has 0 bridgehead atoms. The van der Waals surface area contributed by atoms with Crippen molar-refractivity contribution in [2.24, 2.45) is 0 Å². The molecule has 3 heterocycles. The fourth-order valence-electron chi connectivity index (χ4n) is 2.53. The summed E-state index contributed by atoms with van der Waals surface area (Å²) in [7, 11) is 0. The normalized spacial score (nSPS) is 22.3. The zero-order chi connectivity index (χ0) is 13.5. The number of carbonyl (C=O) groups is 1. The van der Waals surface area contributed by atoms with Crippen LogP contribution < -0.4 is 5.32 Å². The van der Waals surface area contributed by atoms with Gasteiger partial charge < -0.3 is 10.1 Å². The molecule has 1 saturated heterocycles. The van der Waals surface area contributed by atoms with Crippen molar-refractivity contribution < 1.29 is 9.53 Å². The Labute approximate surface area is 116 Å². The van der Waals surface area contributed by atoms with Crippen LogP contribution in [0.25, 0.3) is 5.65 Å². The predicted molar refractivity (Wildman–Crippen MR) is 72.6 cm³/mol. The average Bonchev–Trinajstić information content (AvgIpc) is 3.00. The first-order valence-electron chi connectivity index (χ1n) is 7.09. The molecule has 0 aromatic carbocycles. The Morgan fingerprint density at radius 2 is 2.30 bits per heavy atom. The van der Waals surface area contributed by atoms with Gasteiger partial charge in [0.05, 0.1) is 5.69 Å². The highest BCUT2D eigenvalue weighted by Gasteiger charge is 2.29. The summed E-state index contributed by atoms with van der Waals surface area (Å²) < 4.78 is 7.13. The van der Waals surface area contributed by atoms with Crippen molar-refractivity contribution in [3.63, 3.8) is 0 Å². The van der Waals surface area contributed by atoms with Crippen LogP contribution in [0.5, 0.6) is 0 Å². The first-order valence-corrected chi connectivity index (χ1v) is 7.09. The molecule has 2 aliphatic rings. The lowest BCUT2D eigenvalue weighted by atomic mass is 10.2. The van der Waals surface area contributed by atoms with Gasteiger partial charge in [-0.25, -0.2) is 9.50 Å². The van der Waals surface area contributed by atoms with Crippen LogP contribution in [0.15, 0.2) is 18.3 Å². The number of hydrogen-bond donors (Lipinski definition) is 1. The van der Waals surface area contributed by atoms with Crippen molar-refractivity contribution in [3.8, 4) is 0 Å². The monoisotopic (exact) mass is 272 g/mol. The zero-order valence-corrected chi connectivity index (χ0v) is 11.1. The van der Waals surface area contributed by atoms with E-state index < -0.39 is 0 Å². The molecule has 6 nitrogen and oxygen atoms in total. The highest BCUT2D eigenvalue weighted by atomic mass is 16.5. The minimum atomic E-state index is -0.332. The Bertz CT molecular complexity index is 656. The van der Waals surface area contributed by atoms with E-state index in [-0.39, 0.29) is 12.0 Å². The number of nitrogens with one attached hydrogen (secondary N) is 1. The van der Waals surface area contributed by atoms with E-state index in [1.807, 2.05) is 18.3 Å². The number of fused-ring (bicyclic) bond motifs is 1. The summed E-state index contributed by atoms with van der Waals surface area (Å²) in [5.41, 5.74) is 1.41. The molecule has 6 heteroatoms. The summed E-state index contributed by atoms with van der Waals surface area (Å²) in [6.07, 6.45) is 5.58. The van der Waals surface area contributed by atoms with Crippen LogP contribution in [0.2, 0.25) is 0 Å². The highest BCUT2D eigenvalue weighted by molar-refractivity contribution is 5.97. The van der Waals surface area contributed by atoms with Crippen molar-refractivity contribution in [3.05, 3.63) is 24.2 Å². The van der Waals surface area contributed by atoms with Gasteiger partial charge in [0.2, 0.25) is 0 Å². The minimum absolute atomic E-state index is 0.0911. The number of amides is 1. The standard InChI is InChI=1S/C14H16N4O2/c19-14(11-4-2-8-20-11)15-10-3-1-7-18-13(10)16-12(17-18)9-5-6-9/h1,3,7,9,11H,2,4-6,8H2,(H,15,19). The molecular weight excluding hydrogens is 256 g/mol. The van der Waals surface area contributed by atoms with Gasteiger partial charge in [-0.05, 0) is 37.8 Å². The van der Waals surface area contributed by atoms with E-state index in [2.05, 4.69) is 15.4 Å². The molecule has 1 atom stereocenters. The number of carbonyl (C=O) groups excluding carboxylic acids is 1. The number of pyridine rings is 1. The van der Waals surface area contributed by atoms with Crippen molar-refractivity contribution >= 4 is 17.2 Å². The molecule has 0 radical (unpaired) electrons. The molecule has 2 fully saturated rings. The van der Waals surface area contributed by atoms with E-state index >= 15 is 0 Å². The number of ether oxygens (including phenoxy) is 1. The Kier molecular flexibility index (Phi) is 2.70. The van der Waals surface area contributed by atoms with Gasteiger partial charge in [0, 0.05) is 18.7 Å². The van der Waals surface area contributed by atoms with Gasteiger partial charge in [0.25, 0.3) is 5.91 Å². The maximum absolute atomic E-state index is 12.1. The summed E-state index contributed by atoms with van der Waals surface area (Å²) >= 11 is 0. The third kappa shape index (κ3) is 2.06. The SMILES string of the molecule is O=C(Nc1cccn2nc(C3CC3)nc12)C1CCCO1. The molecule has 2 aromatic heterocycles. The number of aromatic nitrogens is 3. The van der Waals surface area contributed by atoms with E-state index in [1.165, 1.54) is 0 Å². The first kappa shape index (κ1) is 11.8. The molecule has 1 saturated carbocycles. The molecule has 1 unspecified atom stereocenters. The van der Waals surface area contributed by atoms with Gasteiger partial charge in [-0.2, -0.15) is 5.10 Å². The number of anilines is 1. The third-order valence-electron chi connectivity index (χ3n) is 3.80. The highest BCUT2D eigenvalue weighted by Crippen LogP contribution is 2.38. The second-order valence-corrected chi connectivity index (χ2v) is 5.43. The van der Waals surface area contributed by atoms with Gasteiger partial charge in [-0.3, -0.25) is 4.79 Å². The van der Waals surface area contributed by atoms with Gasteiger partial charge in [-0.1, -0.05) is 0 Å². The van der Waals surface area contributed by atoms with E-state index in [4.69, 9.17) is 4.74 Å². The topological polar surface area (TPSA) is 68.5 Å². The van der Waals surface area contributed by atoms with E-state index in [0.717, 1.165) is 31.5 Å². The summed E-state index contributed by atoms with van der Waals surface area (Å²) in [6, 6.07) is 3.72. The molecule has 1 aliphatic heterocycles. The van der Waals surface area contributed by atoms with Gasteiger partial charge in [-0.15, -0.1) is 0 Å². The number of rotatable bonds is 3. The Hall–Kier alpha value is -1.95. The maximum Gasteiger partial charge on any atom is 0.253 e. The largest absolute Gasteiger partial charge is 0.368 e. The van der Waals surface area contributed by atoms with Crippen LogP contribution in [0.3, 0.4) is 0 Å². The van der Waals surface area contributed by atoms with Crippen LogP contribution in [0, 0.1) is 0 Å². The summed E-state index contributed by atoms with van der Waals surface area (Å²) in [6.45, 7) is 0.666. The summed E-state index contributed by atoms with van der Waals surface area (Å²) in [4.78, 5) is 16.7. The second kappa shape index (κ2) is 4.56. The lowest BCUT2D eigenvalue weighted by Crippen LogP contribution is -2.27. The Morgan fingerprint density at radius 3 is 3.05 bits per heavy atom. The van der Waals surface area contributed by atoms with Crippen molar-refractivity contribution in [1.82, 2.24) is 14.6 Å². The van der Waals surface area contributed by atoms with E-state index in [1.54, 1.807) is 4.52 Å². The van der Waals surface area contributed by atoms with Gasteiger partial charge >= 0.3 is 0 Å². The van der Waals surface area contributed by atoms with Crippen molar-refractivity contribution in [2.45, 2.75) is 37.7 Å². The van der Waals surface area contributed by atoms with Crippen molar-refractivity contribution in [2.75, 3.05) is 11.9 Å². The van der Waals surface area contributed by atoms with E-state index in [9.17, 15) is 4.79 Å². The third-order valence-corrected chi connectivity index (χ3v) is 3.80. The van der Waals surface area contributed by atoms with Crippen molar-refractivity contribution in [1.29, 1.82) is 0 Å². The first-order chi connectivity index (χ1) is 9.81. The molecule has 1 N–H and O–H groups in total. The Balaban J connectivity index is 1.63. The van der Waals surface area contributed by atoms with Crippen LogP contribution in [0.1, 0.15) is 37.4 Å². The smallest absolute Gasteiger partial charge is 0.253 e. The second-order valence-electron chi connectivity index (χ2n) is 5.43. The lowest BCUT2D eigenvalue weighted by Gasteiger charge is -2.10. The number of nitrogens with zero attached hydrogens (tertiary/aromatic N) is 3. The molecule has 1 amide bonds. The maximum atomic E-state index is 12.1. The quantitative estimate of drug-likeness (QED) is 0.923. The molecular formula is C14H16N4O2. The fraction of sp³-hybridized carbons (Fsp3) is 0.500. The van der Waals surface area contributed by atoms with Crippen LogP contribution in [0.4, 0.5) is 5.69 Å². The Morgan fingerprint density at radius 1 is 1.40 bits per heavy atom. The van der Waals surface area contributed by atoms with Crippen LogP contribution in [-0.2, 0) is 9.53 Å². The molecule has 104 valence electrons. The molecule has 2 aromatic rings. The summed E-state index contributed by atoms with van der Waals surface area (Å²) in [5, 5.41) is 7.38. The zero-order valence-electron chi connectivity index (χ0n) is 11.1. The average molecular weight is 272 g/mol. The fourth-order valence-corrected chi connectivity index (χ4v) is 2.53. The van der Waals surface area contributed by atoms with Crippen LogP contribution in [-0.4, -0.2) is 33.2 Å². The van der Waals surface area contributed by atoms with Gasteiger partial charge in [0.15, 0.2) is 11.5 Å². The lowest BCUT2D eigenvalue weighted by molar-refractivity contribution is -0.124. The molecule has 1 aliphatic carbocycles. The van der Waals surface area contributed by atoms with E-state index in [0.29, 0.717) is 23.9 Å². The predicted octanol–water partition coefficient (Wildman–Crippen LogP) is 1.72. The minimum Gasteiger partial charge on any atom is -0.368 e. The molecule has 20 heavy (non-hydrogen) atoms. The summed E-state index contributed by atoms with van der Waals surface area (Å²) in [5.74, 6) is 1.28.